The van der Waals surface area contributed by atoms with Gasteiger partial charge in [-0.3, -0.25) is 0 Å². The first kappa shape index (κ1) is 14.9. The van der Waals surface area contributed by atoms with E-state index in [1.54, 1.807) is 6.33 Å². The summed E-state index contributed by atoms with van der Waals surface area (Å²) in [7, 11) is 1.35. The lowest BCUT2D eigenvalue weighted by molar-refractivity contribution is 0.0595. The molecule has 1 aliphatic carbocycles. The van der Waals surface area contributed by atoms with Gasteiger partial charge in [0.25, 0.3) is 0 Å². The van der Waals surface area contributed by atoms with Crippen molar-refractivity contribution in [2.24, 2.45) is 11.3 Å². The lowest BCUT2D eigenvalue weighted by Gasteiger charge is -2.31. The van der Waals surface area contributed by atoms with Crippen LogP contribution in [-0.2, 0) is 11.3 Å². The number of nitrogens with two attached hydrogens (primary N) is 1. The highest BCUT2D eigenvalue weighted by Gasteiger charge is 2.35. The van der Waals surface area contributed by atoms with Crippen LogP contribution in [0.3, 0.4) is 0 Å². The second-order valence-corrected chi connectivity index (χ2v) is 6.40. The molecule has 0 aromatic carbocycles. The Labute approximate surface area is 120 Å². The number of carbonyl (C=O) groups is 1. The van der Waals surface area contributed by atoms with Crippen molar-refractivity contribution in [3.05, 3.63) is 12.0 Å². The van der Waals surface area contributed by atoms with Crippen molar-refractivity contribution in [2.45, 2.75) is 52.5 Å². The molecule has 1 heterocycles. The zero-order valence-corrected chi connectivity index (χ0v) is 12.7. The number of aromatic nitrogens is 2. The molecule has 2 rings (SSSR count). The maximum Gasteiger partial charge on any atom is 0.360 e. The molecule has 0 atom stereocenters. The molecule has 5 heteroatoms. The third kappa shape index (κ3) is 2.97. The van der Waals surface area contributed by atoms with Crippen LogP contribution in [0.4, 0.5) is 5.82 Å². The normalized spacial score (nSPS) is 17.6. The number of methoxy groups -OCH3 is 1. The van der Waals surface area contributed by atoms with E-state index in [9.17, 15) is 4.79 Å². The zero-order chi connectivity index (χ0) is 14.8. The zero-order valence-electron chi connectivity index (χ0n) is 12.7. The van der Waals surface area contributed by atoms with Gasteiger partial charge >= 0.3 is 5.97 Å². The molecule has 0 unspecified atom stereocenters. The molecule has 5 nitrogen and oxygen atoms in total. The highest BCUT2D eigenvalue weighted by atomic mass is 16.5. The molecule has 0 saturated heterocycles. The fourth-order valence-corrected chi connectivity index (χ4v) is 3.55. The molecule has 1 saturated carbocycles. The molecule has 0 bridgehead atoms. The van der Waals surface area contributed by atoms with Crippen LogP contribution in [0.25, 0.3) is 0 Å². The molecule has 20 heavy (non-hydrogen) atoms. The predicted octanol–water partition coefficient (Wildman–Crippen LogP) is 2.86. The maximum absolute atomic E-state index is 11.6. The van der Waals surface area contributed by atoms with Crippen LogP contribution in [0.5, 0.6) is 0 Å². The van der Waals surface area contributed by atoms with E-state index in [0.29, 0.717) is 17.2 Å². The topological polar surface area (TPSA) is 70.1 Å². The van der Waals surface area contributed by atoms with Crippen molar-refractivity contribution in [3.63, 3.8) is 0 Å². The van der Waals surface area contributed by atoms with Crippen molar-refractivity contribution >= 4 is 11.8 Å². The lowest BCUT2D eigenvalue weighted by atomic mass is 9.78. The molecule has 0 aliphatic heterocycles. The second kappa shape index (κ2) is 5.85. The second-order valence-electron chi connectivity index (χ2n) is 6.40. The molecule has 1 aliphatic rings. The van der Waals surface area contributed by atoms with E-state index in [1.807, 2.05) is 4.57 Å². The SMILES string of the molecule is COC(=O)c1ncn(CC2(CC(C)C)CCCC2)c1N. The summed E-state index contributed by atoms with van der Waals surface area (Å²) in [6.07, 6.45) is 7.89. The average Bonchev–Trinajstić information content (AvgIpc) is 2.97. The van der Waals surface area contributed by atoms with Gasteiger partial charge in [0.15, 0.2) is 5.69 Å². The Kier molecular flexibility index (Phi) is 4.35. The molecular weight excluding hydrogens is 254 g/mol. The number of ether oxygens (including phenoxy) is 1. The minimum atomic E-state index is -0.467. The molecular formula is C15H25N3O2. The van der Waals surface area contributed by atoms with Crippen LogP contribution in [0, 0.1) is 11.3 Å². The van der Waals surface area contributed by atoms with Gasteiger partial charge in [0, 0.05) is 6.54 Å². The molecule has 1 aromatic heterocycles. The predicted molar refractivity (Wildman–Crippen MR) is 78.3 cm³/mol. The van der Waals surface area contributed by atoms with Gasteiger partial charge in [0.1, 0.15) is 5.82 Å². The van der Waals surface area contributed by atoms with Crippen LogP contribution < -0.4 is 5.73 Å². The van der Waals surface area contributed by atoms with E-state index < -0.39 is 5.97 Å². The summed E-state index contributed by atoms with van der Waals surface area (Å²) < 4.78 is 6.61. The smallest absolute Gasteiger partial charge is 0.360 e. The summed E-state index contributed by atoms with van der Waals surface area (Å²) in [6.45, 7) is 5.37. The largest absolute Gasteiger partial charge is 0.464 e. The van der Waals surface area contributed by atoms with Gasteiger partial charge in [-0.15, -0.1) is 0 Å². The molecule has 1 aromatic rings. The third-order valence-corrected chi connectivity index (χ3v) is 4.27. The fourth-order valence-electron chi connectivity index (χ4n) is 3.55. The number of hydrogen-bond donors (Lipinski definition) is 1. The van der Waals surface area contributed by atoms with E-state index in [4.69, 9.17) is 10.5 Å². The molecule has 1 fully saturated rings. The van der Waals surface area contributed by atoms with Gasteiger partial charge < -0.3 is 15.0 Å². The summed E-state index contributed by atoms with van der Waals surface area (Å²) in [5.41, 5.74) is 6.58. The number of rotatable bonds is 5. The van der Waals surface area contributed by atoms with Gasteiger partial charge in [0.2, 0.25) is 0 Å². The average molecular weight is 279 g/mol. The first-order chi connectivity index (χ1) is 9.47. The quantitative estimate of drug-likeness (QED) is 0.841. The minimum Gasteiger partial charge on any atom is -0.464 e. The molecule has 0 radical (unpaired) electrons. The Morgan fingerprint density at radius 1 is 1.50 bits per heavy atom. The highest BCUT2D eigenvalue weighted by Crippen LogP contribution is 2.44. The Bertz CT molecular complexity index is 473. The number of esters is 1. The number of nitrogen functional groups attached to an aromatic ring is 1. The number of carbonyl (C=O) groups excluding carboxylic acids is 1. The Balaban J connectivity index is 2.19. The molecule has 0 spiro atoms. The molecule has 2 N–H and O–H groups in total. The van der Waals surface area contributed by atoms with E-state index in [2.05, 4.69) is 18.8 Å². The minimum absolute atomic E-state index is 0.227. The van der Waals surface area contributed by atoms with Crippen LogP contribution in [0.15, 0.2) is 6.33 Å². The van der Waals surface area contributed by atoms with Gasteiger partial charge in [-0.1, -0.05) is 26.7 Å². The molecule has 0 amide bonds. The van der Waals surface area contributed by atoms with Crippen LogP contribution in [0.2, 0.25) is 0 Å². The van der Waals surface area contributed by atoms with E-state index in [-0.39, 0.29) is 5.69 Å². The highest BCUT2D eigenvalue weighted by molar-refractivity contribution is 5.92. The standard InChI is InChI=1S/C15H25N3O2/c1-11(2)8-15(6-4-5-7-15)9-18-10-17-12(13(18)16)14(19)20-3/h10-11H,4-9,16H2,1-3H3. The summed E-state index contributed by atoms with van der Waals surface area (Å²) in [4.78, 5) is 15.7. The van der Waals surface area contributed by atoms with E-state index in [1.165, 1.54) is 39.2 Å². The van der Waals surface area contributed by atoms with Crippen LogP contribution in [-0.4, -0.2) is 22.6 Å². The Morgan fingerprint density at radius 3 is 2.70 bits per heavy atom. The summed E-state index contributed by atoms with van der Waals surface area (Å²) in [5, 5.41) is 0. The molecule has 112 valence electrons. The summed E-state index contributed by atoms with van der Waals surface area (Å²) >= 11 is 0. The van der Waals surface area contributed by atoms with Crippen molar-refractivity contribution in [2.75, 3.05) is 12.8 Å². The number of anilines is 1. The number of imidazole rings is 1. The van der Waals surface area contributed by atoms with Crippen molar-refractivity contribution < 1.29 is 9.53 Å². The Hall–Kier alpha value is -1.52. The third-order valence-electron chi connectivity index (χ3n) is 4.27. The summed E-state index contributed by atoms with van der Waals surface area (Å²) in [6, 6.07) is 0. The summed E-state index contributed by atoms with van der Waals surface area (Å²) in [5.74, 6) is 0.621. The van der Waals surface area contributed by atoms with Gasteiger partial charge in [-0.2, -0.15) is 0 Å². The van der Waals surface area contributed by atoms with Crippen molar-refractivity contribution in [1.29, 1.82) is 0 Å². The van der Waals surface area contributed by atoms with Crippen molar-refractivity contribution in [1.82, 2.24) is 9.55 Å². The van der Waals surface area contributed by atoms with E-state index >= 15 is 0 Å². The van der Waals surface area contributed by atoms with Crippen LogP contribution >= 0.6 is 0 Å². The monoisotopic (exact) mass is 279 g/mol. The fraction of sp³-hybridized carbons (Fsp3) is 0.733. The van der Waals surface area contributed by atoms with Gasteiger partial charge in [0.05, 0.1) is 13.4 Å². The lowest BCUT2D eigenvalue weighted by Crippen LogP contribution is -2.26. The van der Waals surface area contributed by atoms with E-state index in [0.717, 1.165) is 6.54 Å². The van der Waals surface area contributed by atoms with Gasteiger partial charge in [-0.25, -0.2) is 9.78 Å². The maximum atomic E-state index is 11.6. The Morgan fingerprint density at radius 2 is 2.15 bits per heavy atom. The van der Waals surface area contributed by atoms with Crippen LogP contribution in [0.1, 0.15) is 56.4 Å². The number of hydrogen-bond acceptors (Lipinski definition) is 4. The van der Waals surface area contributed by atoms with Gasteiger partial charge in [-0.05, 0) is 30.6 Å². The number of nitrogens with zero attached hydrogens (tertiary/aromatic N) is 2. The first-order valence-corrected chi connectivity index (χ1v) is 7.36. The first-order valence-electron chi connectivity index (χ1n) is 7.36. The van der Waals surface area contributed by atoms with Crippen molar-refractivity contribution in [3.8, 4) is 0 Å².